The van der Waals surface area contributed by atoms with E-state index in [1.54, 1.807) is 34.6 Å². The highest BCUT2D eigenvalue weighted by Crippen LogP contribution is 2.14. The summed E-state index contributed by atoms with van der Waals surface area (Å²) in [5.74, 6) is -2.09. The number of carbonyl (C=O) groups is 3. The number of hydrogen-bond acceptors (Lipinski definition) is 5. The third-order valence-electron chi connectivity index (χ3n) is 2.78. The zero-order chi connectivity index (χ0) is 17.0. The van der Waals surface area contributed by atoms with E-state index in [9.17, 15) is 14.4 Å². The SMILES string of the molecule is CNC(=O)[C@@H](NC(=O)[C@](C)(N)C(=O)OC(C)(C)C)C(C)C. The normalized spacial score (nSPS) is 15.9. The van der Waals surface area contributed by atoms with Crippen molar-refractivity contribution in [3.63, 3.8) is 0 Å². The number of hydrogen-bond donors (Lipinski definition) is 3. The van der Waals surface area contributed by atoms with Crippen molar-refractivity contribution in [1.29, 1.82) is 0 Å². The van der Waals surface area contributed by atoms with Crippen molar-refractivity contribution >= 4 is 17.8 Å². The van der Waals surface area contributed by atoms with Crippen LogP contribution in [0.1, 0.15) is 41.5 Å². The molecule has 0 fully saturated rings. The van der Waals surface area contributed by atoms with Gasteiger partial charge in [0.2, 0.25) is 5.91 Å². The van der Waals surface area contributed by atoms with Crippen molar-refractivity contribution in [2.75, 3.05) is 7.05 Å². The number of esters is 1. The average Bonchev–Trinajstić information content (AvgIpc) is 2.31. The fraction of sp³-hybridized carbons (Fsp3) is 0.786. The number of rotatable bonds is 5. The molecule has 0 spiro atoms. The molecule has 0 aliphatic heterocycles. The molecule has 0 aromatic heterocycles. The first-order valence-electron chi connectivity index (χ1n) is 6.87. The molecule has 0 heterocycles. The van der Waals surface area contributed by atoms with Gasteiger partial charge in [-0.05, 0) is 33.6 Å². The maximum Gasteiger partial charge on any atom is 0.336 e. The zero-order valence-electron chi connectivity index (χ0n) is 13.9. The van der Waals surface area contributed by atoms with Crippen LogP contribution in [0.2, 0.25) is 0 Å². The largest absolute Gasteiger partial charge is 0.458 e. The fourth-order valence-electron chi connectivity index (χ4n) is 1.46. The number of carbonyl (C=O) groups excluding carboxylic acids is 3. The predicted molar refractivity (Wildman–Crippen MR) is 79.3 cm³/mol. The van der Waals surface area contributed by atoms with Crippen molar-refractivity contribution in [1.82, 2.24) is 10.6 Å². The molecule has 4 N–H and O–H groups in total. The molecule has 7 nitrogen and oxygen atoms in total. The number of nitrogens with one attached hydrogen (secondary N) is 2. The van der Waals surface area contributed by atoms with Crippen LogP contribution in [-0.2, 0) is 19.1 Å². The van der Waals surface area contributed by atoms with Crippen molar-refractivity contribution in [2.45, 2.75) is 58.7 Å². The smallest absolute Gasteiger partial charge is 0.336 e. The highest BCUT2D eigenvalue weighted by Gasteiger charge is 2.42. The topological polar surface area (TPSA) is 111 Å². The third kappa shape index (κ3) is 5.71. The molecule has 0 rings (SSSR count). The van der Waals surface area contributed by atoms with Crippen LogP contribution >= 0.6 is 0 Å². The Morgan fingerprint density at radius 2 is 1.57 bits per heavy atom. The van der Waals surface area contributed by atoms with Crippen LogP contribution in [0.4, 0.5) is 0 Å². The Hall–Kier alpha value is -1.63. The summed E-state index contributed by atoms with van der Waals surface area (Å²) in [5, 5.41) is 4.96. The second-order valence-electron chi connectivity index (χ2n) is 6.51. The lowest BCUT2D eigenvalue weighted by atomic mass is 9.98. The predicted octanol–water partition coefficient (Wildman–Crippen LogP) is -0.0677. The van der Waals surface area contributed by atoms with Gasteiger partial charge in [0.15, 0.2) is 5.54 Å². The summed E-state index contributed by atoms with van der Waals surface area (Å²) >= 11 is 0. The van der Waals surface area contributed by atoms with Gasteiger partial charge in [-0.1, -0.05) is 13.8 Å². The summed E-state index contributed by atoms with van der Waals surface area (Å²) in [5.41, 5.74) is 3.16. The molecule has 0 radical (unpaired) electrons. The molecule has 7 heteroatoms. The molecule has 21 heavy (non-hydrogen) atoms. The number of likely N-dealkylation sites (N-methyl/N-ethyl adjacent to an activating group) is 1. The van der Waals surface area contributed by atoms with E-state index in [1.807, 2.05) is 0 Å². The standard InChI is InChI=1S/C14H27N3O4/c1-8(2)9(10(18)16-7)17-11(19)14(6,15)12(20)21-13(3,4)5/h8-9H,15H2,1-7H3,(H,16,18)(H,17,19)/t9-,14-/m0/s1. The molecule has 0 aliphatic rings. The van der Waals surface area contributed by atoms with Crippen LogP contribution in [0.15, 0.2) is 0 Å². The fourth-order valence-corrected chi connectivity index (χ4v) is 1.46. The molecule has 0 bridgehead atoms. The molecule has 2 atom stereocenters. The summed E-state index contributed by atoms with van der Waals surface area (Å²) in [7, 11) is 1.47. The van der Waals surface area contributed by atoms with Gasteiger partial charge in [0, 0.05) is 7.05 Å². The minimum absolute atomic E-state index is 0.150. The van der Waals surface area contributed by atoms with Gasteiger partial charge < -0.3 is 21.1 Å². The van der Waals surface area contributed by atoms with Gasteiger partial charge in [-0.2, -0.15) is 0 Å². The Balaban J connectivity index is 5.05. The molecule has 2 amide bonds. The summed E-state index contributed by atoms with van der Waals surface area (Å²) in [6, 6.07) is -0.771. The van der Waals surface area contributed by atoms with Gasteiger partial charge in [-0.25, -0.2) is 4.79 Å². The van der Waals surface area contributed by atoms with Crippen molar-refractivity contribution in [3.05, 3.63) is 0 Å². The lowest BCUT2D eigenvalue weighted by Gasteiger charge is -2.29. The first-order valence-corrected chi connectivity index (χ1v) is 6.87. The molecule has 0 saturated carbocycles. The third-order valence-corrected chi connectivity index (χ3v) is 2.78. The van der Waals surface area contributed by atoms with E-state index < -0.39 is 29.1 Å². The zero-order valence-corrected chi connectivity index (χ0v) is 13.9. The Kier molecular flexibility index (Phi) is 6.35. The maximum absolute atomic E-state index is 12.2. The van der Waals surface area contributed by atoms with Gasteiger partial charge >= 0.3 is 5.97 Å². The van der Waals surface area contributed by atoms with Gasteiger partial charge in [0.05, 0.1) is 0 Å². The summed E-state index contributed by atoms with van der Waals surface area (Å²) < 4.78 is 5.13. The van der Waals surface area contributed by atoms with Gasteiger partial charge in [0.1, 0.15) is 11.6 Å². The molecular weight excluding hydrogens is 274 g/mol. The van der Waals surface area contributed by atoms with Crippen molar-refractivity contribution in [3.8, 4) is 0 Å². The Labute approximate surface area is 126 Å². The van der Waals surface area contributed by atoms with Crippen LogP contribution in [0, 0.1) is 5.92 Å². The highest BCUT2D eigenvalue weighted by molar-refractivity contribution is 6.07. The molecule has 0 saturated heterocycles. The van der Waals surface area contributed by atoms with Gasteiger partial charge in [-0.3, -0.25) is 9.59 Å². The Bertz CT molecular complexity index is 411. The first kappa shape index (κ1) is 19.4. The molecule has 0 aromatic carbocycles. The first-order chi connectivity index (χ1) is 9.32. The molecule has 0 unspecified atom stereocenters. The maximum atomic E-state index is 12.2. The number of ether oxygens (including phenoxy) is 1. The summed E-state index contributed by atoms with van der Waals surface area (Å²) in [6.07, 6.45) is 0. The molecule has 0 aliphatic carbocycles. The minimum atomic E-state index is -1.87. The lowest BCUT2D eigenvalue weighted by molar-refractivity contribution is -0.164. The van der Waals surface area contributed by atoms with Gasteiger partial charge in [-0.15, -0.1) is 0 Å². The van der Waals surface area contributed by atoms with Crippen LogP contribution < -0.4 is 16.4 Å². The van der Waals surface area contributed by atoms with E-state index in [0.717, 1.165) is 0 Å². The van der Waals surface area contributed by atoms with E-state index in [0.29, 0.717) is 0 Å². The van der Waals surface area contributed by atoms with Crippen LogP contribution in [0.3, 0.4) is 0 Å². The molecular formula is C14H27N3O4. The second-order valence-corrected chi connectivity index (χ2v) is 6.51. The van der Waals surface area contributed by atoms with Gasteiger partial charge in [0.25, 0.3) is 5.91 Å². The van der Waals surface area contributed by atoms with Crippen LogP contribution in [0.5, 0.6) is 0 Å². The van der Waals surface area contributed by atoms with Crippen LogP contribution in [0.25, 0.3) is 0 Å². The van der Waals surface area contributed by atoms with Crippen molar-refractivity contribution < 1.29 is 19.1 Å². The molecule has 122 valence electrons. The van der Waals surface area contributed by atoms with E-state index in [4.69, 9.17) is 10.5 Å². The Morgan fingerprint density at radius 1 is 1.10 bits per heavy atom. The number of amides is 2. The quantitative estimate of drug-likeness (QED) is 0.486. The summed E-state index contributed by atoms with van der Waals surface area (Å²) in [4.78, 5) is 35.9. The van der Waals surface area contributed by atoms with Crippen molar-refractivity contribution in [2.24, 2.45) is 11.7 Å². The van der Waals surface area contributed by atoms with E-state index in [-0.39, 0.29) is 11.8 Å². The average molecular weight is 301 g/mol. The Morgan fingerprint density at radius 3 is 1.90 bits per heavy atom. The van der Waals surface area contributed by atoms with Crippen LogP contribution in [-0.4, -0.2) is 42.0 Å². The van der Waals surface area contributed by atoms with E-state index in [1.165, 1.54) is 14.0 Å². The molecule has 0 aromatic rings. The van der Waals surface area contributed by atoms with E-state index >= 15 is 0 Å². The summed E-state index contributed by atoms with van der Waals surface area (Å²) in [6.45, 7) is 9.86. The second kappa shape index (κ2) is 6.89. The highest BCUT2D eigenvalue weighted by atomic mass is 16.6. The minimum Gasteiger partial charge on any atom is -0.458 e. The monoisotopic (exact) mass is 301 g/mol. The lowest BCUT2D eigenvalue weighted by Crippen LogP contribution is -2.62. The number of nitrogens with two attached hydrogens (primary N) is 1. The van der Waals surface area contributed by atoms with E-state index in [2.05, 4.69) is 10.6 Å².